The van der Waals surface area contributed by atoms with Gasteiger partial charge in [-0.2, -0.15) is 0 Å². The van der Waals surface area contributed by atoms with Crippen molar-refractivity contribution in [1.82, 2.24) is 0 Å². The zero-order valence-corrected chi connectivity index (χ0v) is 9.71. The van der Waals surface area contributed by atoms with E-state index in [-0.39, 0.29) is 5.79 Å². The van der Waals surface area contributed by atoms with Gasteiger partial charge in [0.2, 0.25) is 0 Å². The lowest BCUT2D eigenvalue weighted by Crippen LogP contribution is -2.49. The van der Waals surface area contributed by atoms with Crippen LogP contribution in [0.5, 0.6) is 0 Å². The van der Waals surface area contributed by atoms with Crippen LogP contribution in [0.1, 0.15) is 45.4 Å². The lowest BCUT2D eigenvalue weighted by atomic mass is 9.63. The first-order valence-corrected chi connectivity index (χ1v) is 6.60. The predicted molar refractivity (Wildman–Crippen MR) is 58.5 cm³/mol. The van der Waals surface area contributed by atoms with Crippen molar-refractivity contribution >= 4 is 0 Å². The molecule has 3 rings (SSSR count). The summed E-state index contributed by atoms with van der Waals surface area (Å²) in [6, 6.07) is 0. The molecule has 1 heterocycles. The van der Waals surface area contributed by atoms with E-state index in [0.29, 0.717) is 5.92 Å². The van der Waals surface area contributed by atoms with Gasteiger partial charge in [-0.05, 0) is 31.1 Å². The molecule has 3 atom stereocenters. The molecule has 3 fully saturated rings. The van der Waals surface area contributed by atoms with Crippen LogP contribution < -0.4 is 0 Å². The van der Waals surface area contributed by atoms with Crippen molar-refractivity contribution in [2.24, 2.45) is 17.8 Å². The van der Waals surface area contributed by atoms with E-state index in [4.69, 9.17) is 9.47 Å². The number of ether oxygens (including phenoxy) is 2. The molecule has 0 N–H and O–H groups in total. The quantitative estimate of drug-likeness (QED) is 0.612. The van der Waals surface area contributed by atoms with Gasteiger partial charge in [0.05, 0.1) is 13.2 Å². The van der Waals surface area contributed by atoms with Crippen LogP contribution in [0.15, 0.2) is 0 Å². The molecule has 0 bridgehead atoms. The third-order valence-electron chi connectivity index (χ3n) is 4.83. The van der Waals surface area contributed by atoms with E-state index < -0.39 is 0 Å². The number of fused-ring (bicyclic) bond motifs is 2. The van der Waals surface area contributed by atoms with Crippen LogP contribution in [0, 0.1) is 17.8 Å². The summed E-state index contributed by atoms with van der Waals surface area (Å²) in [6.07, 6.45) is 7.95. The highest BCUT2D eigenvalue weighted by Gasteiger charge is 2.51. The van der Waals surface area contributed by atoms with Gasteiger partial charge in [0, 0.05) is 12.3 Å². The summed E-state index contributed by atoms with van der Waals surface area (Å²) in [5, 5.41) is 0. The first-order valence-electron chi connectivity index (χ1n) is 6.60. The molecule has 86 valence electrons. The number of hydrogen-bond acceptors (Lipinski definition) is 2. The van der Waals surface area contributed by atoms with E-state index in [9.17, 15) is 0 Å². The Morgan fingerprint density at radius 1 is 1.00 bits per heavy atom. The molecule has 15 heavy (non-hydrogen) atoms. The lowest BCUT2D eigenvalue weighted by Gasteiger charge is -2.49. The van der Waals surface area contributed by atoms with Crippen LogP contribution in [-0.4, -0.2) is 19.0 Å². The van der Waals surface area contributed by atoms with Crippen LogP contribution in [0.4, 0.5) is 0 Å². The molecule has 2 aliphatic carbocycles. The van der Waals surface area contributed by atoms with E-state index in [1.54, 1.807) is 0 Å². The van der Waals surface area contributed by atoms with Crippen molar-refractivity contribution in [2.75, 3.05) is 13.2 Å². The standard InChI is InChI=1S/C13H22O2/c1-10-4-2-6-12-11(10)5-3-7-13(12)14-8-9-15-13/h10-12H,2-9H2,1H3. The predicted octanol–water partition coefficient (Wildman–Crippen LogP) is 2.97. The van der Waals surface area contributed by atoms with Crippen LogP contribution >= 0.6 is 0 Å². The van der Waals surface area contributed by atoms with Gasteiger partial charge in [-0.15, -0.1) is 0 Å². The third-order valence-corrected chi connectivity index (χ3v) is 4.83. The molecule has 0 aromatic rings. The summed E-state index contributed by atoms with van der Waals surface area (Å²) in [4.78, 5) is 0. The van der Waals surface area contributed by atoms with Crippen molar-refractivity contribution < 1.29 is 9.47 Å². The minimum absolute atomic E-state index is 0.155. The normalized spacial score (nSPS) is 44.2. The Hall–Kier alpha value is -0.0800. The molecule has 3 unspecified atom stereocenters. The molecule has 1 spiro atoms. The van der Waals surface area contributed by atoms with Gasteiger partial charge < -0.3 is 9.47 Å². The van der Waals surface area contributed by atoms with Crippen molar-refractivity contribution in [1.29, 1.82) is 0 Å². The zero-order valence-electron chi connectivity index (χ0n) is 9.71. The Kier molecular flexibility index (Phi) is 2.52. The molecule has 0 aromatic heterocycles. The van der Waals surface area contributed by atoms with Crippen LogP contribution in [0.2, 0.25) is 0 Å². The fourth-order valence-corrected chi connectivity index (χ4v) is 4.11. The second-order valence-corrected chi connectivity index (χ2v) is 5.58. The Balaban J connectivity index is 1.84. The molecule has 1 saturated heterocycles. The summed E-state index contributed by atoms with van der Waals surface area (Å²) in [6.45, 7) is 4.06. The van der Waals surface area contributed by atoms with Crippen LogP contribution in [0.3, 0.4) is 0 Å². The van der Waals surface area contributed by atoms with Crippen molar-refractivity contribution in [2.45, 2.75) is 51.2 Å². The van der Waals surface area contributed by atoms with Gasteiger partial charge in [-0.1, -0.05) is 19.8 Å². The van der Waals surface area contributed by atoms with E-state index in [1.807, 2.05) is 0 Å². The van der Waals surface area contributed by atoms with Gasteiger partial charge in [0.1, 0.15) is 0 Å². The first-order chi connectivity index (χ1) is 7.32. The van der Waals surface area contributed by atoms with E-state index >= 15 is 0 Å². The molecule has 1 aliphatic heterocycles. The fourth-order valence-electron chi connectivity index (χ4n) is 4.11. The Labute approximate surface area is 92.3 Å². The fraction of sp³-hybridized carbons (Fsp3) is 1.00. The van der Waals surface area contributed by atoms with Gasteiger partial charge in [-0.25, -0.2) is 0 Å². The second kappa shape index (κ2) is 3.74. The highest BCUT2D eigenvalue weighted by molar-refractivity contribution is 4.95. The van der Waals surface area contributed by atoms with Gasteiger partial charge in [0.15, 0.2) is 5.79 Å². The largest absolute Gasteiger partial charge is 0.347 e. The van der Waals surface area contributed by atoms with Crippen LogP contribution in [0.25, 0.3) is 0 Å². The molecule has 0 amide bonds. The molecule has 2 saturated carbocycles. The molecule has 2 heteroatoms. The second-order valence-electron chi connectivity index (χ2n) is 5.58. The van der Waals surface area contributed by atoms with E-state index in [2.05, 4.69) is 6.92 Å². The van der Waals surface area contributed by atoms with Gasteiger partial charge in [0.25, 0.3) is 0 Å². The van der Waals surface area contributed by atoms with E-state index in [1.165, 1.54) is 32.1 Å². The SMILES string of the molecule is CC1CCCC2C1CCCC21OCCO1. The highest BCUT2D eigenvalue weighted by Crippen LogP contribution is 2.51. The average Bonchev–Trinajstić information content (AvgIpc) is 2.70. The Bertz CT molecular complexity index is 233. The summed E-state index contributed by atoms with van der Waals surface area (Å²) in [7, 11) is 0. The monoisotopic (exact) mass is 210 g/mol. The maximum absolute atomic E-state index is 5.98. The van der Waals surface area contributed by atoms with Gasteiger partial charge in [-0.3, -0.25) is 0 Å². The zero-order chi connectivity index (χ0) is 10.3. The minimum atomic E-state index is -0.155. The highest BCUT2D eigenvalue weighted by atomic mass is 16.7. The molecule has 0 aromatic carbocycles. The first kappa shape index (κ1) is 10.1. The van der Waals surface area contributed by atoms with Crippen molar-refractivity contribution in [3.8, 4) is 0 Å². The van der Waals surface area contributed by atoms with E-state index in [0.717, 1.165) is 31.5 Å². The van der Waals surface area contributed by atoms with Crippen molar-refractivity contribution in [3.05, 3.63) is 0 Å². The number of rotatable bonds is 0. The summed E-state index contributed by atoms with van der Waals surface area (Å²) >= 11 is 0. The molecular weight excluding hydrogens is 188 g/mol. The Morgan fingerprint density at radius 2 is 1.80 bits per heavy atom. The minimum Gasteiger partial charge on any atom is -0.347 e. The lowest BCUT2D eigenvalue weighted by molar-refractivity contribution is -0.237. The van der Waals surface area contributed by atoms with Gasteiger partial charge >= 0.3 is 0 Å². The smallest absolute Gasteiger partial charge is 0.171 e. The molecule has 0 radical (unpaired) electrons. The average molecular weight is 210 g/mol. The number of hydrogen-bond donors (Lipinski definition) is 0. The maximum Gasteiger partial charge on any atom is 0.171 e. The molecule has 2 nitrogen and oxygen atoms in total. The van der Waals surface area contributed by atoms with Crippen LogP contribution in [-0.2, 0) is 9.47 Å². The van der Waals surface area contributed by atoms with Crippen molar-refractivity contribution in [3.63, 3.8) is 0 Å². The molecule has 3 aliphatic rings. The summed E-state index contributed by atoms with van der Waals surface area (Å²) < 4.78 is 12.0. The third kappa shape index (κ3) is 1.53. The summed E-state index contributed by atoms with van der Waals surface area (Å²) in [5.41, 5.74) is 0. The Morgan fingerprint density at radius 3 is 2.60 bits per heavy atom. The molecular formula is C13H22O2. The topological polar surface area (TPSA) is 18.5 Å². The summed E-state index contributed by atoms with van der Waals surface area (Å²) in [5.74, 6) is 2.29. The maximum atomic E-state index is 5.98.